The van der Waals surface area contributed by atoms with Crippen molar-refractivity contribution in [3.63, 3.8) is 0 Å². The number of rotatable bonds is 10. The monoisotopic (exact) mass is 390 g/mol. The second kappa shape index (κ2) is 8.74. The van der Waals surface area contributed by atoms with Crippen LogP contribution in [0.3, 0.4) is 0 Å². The van der Waals surface area contributed by atoms with Gasteiger partial charge in [-0.15, -0.1) is 0 Å². The van der Waals surface area contributed by atoms with Gasteiger partial charge in [0.1, 0.15) is 6.73 Å². The van der Waals surface area contributed by atoms with E-state index in [4.69, 9.17) is 15.3 Å². The molecule has 10 heteroatoms. The predicted octanol–water partition coefficient (Wildman–Crippen LogP) is 1.38. The lowest BCUT2D eigenvalue weighted by Gasteiger charge is -2.23. The number of nitrogens with zero attached hydrogens (tertiary/aromatic N) is 2. The van der Waals surface area contributed by atoms with E-state index in [1.54, 1.807) is 4.83 Å². The molecule has 1 unspecified atom stereocenters. The molecular formula is C15H30N4O4SSi. The second-order valence-electron chi connectivity index (χ2n) is 7.70. The topological polar surface area (TPSA) is 108 Å². The molecule has 1 aromatic rings. The summed E-state index contributed by atoms with van der Waals surface area (Å²) < 4.78 is 35.7. The van der Waals surface area contributed by atoms with Gasteiger partial charge in [-0.3, -0.25) is 5.84 Å². The molecule has 0 amide bonds. The first-order valence-electron chi connectivity index (χ1n) is 8.62. The van der Waals surface area contributed by atoms with Crippen LogP contribution >= 0.6 is 0 Å². The molecule has 1 heterocycles. The summed E-state index contributed by atoms with van der Waals surface area (Å²) in [7, 11) is -4.64. The van der Waals surface area contributed by atoms with Gasteiger partial charge >= 0.3 is 0 Å². The Morgan fingerprint density at radius 3 is 2.84 bits per heavy atom. The fourth-order valence-electron chi connectivity index (χ4n) is 2.86. The zero-order chi connectivity index (χ0) is 18.5. The van der Waals surface area contributed by atoms with Crippen molar-refractivity contribution in [2.24, 2.45) is 5.84 Å². The van der Waals surface area contributed by atoms with E-state index in [-0.39, 0.29) is 5.92 Å². The van der Waals surface area contributed by atoms with Gasteiger partial charge in [-0.1, -0.05) is 19.6 Å². The van der Waals surface area contributed by atoms with Crippen LogP contribution in [0.4, 0.5) is 0 Å². The number of ether oxygens (including phenoxy) is 2. The van der Waals surface area contributed by atoms with Gasteiger partial charge in [-0.2, -0.15) is 9.93 Å². The molecule has 3 N–H and O–H groups in total. The van der Waals surface area contributed by atoms with Crippen molar-refractivity contribution in [3.8, 4) is 0 Å². The van der Waals surface area contributed by atoms with Crippen molar-refractivity contribution in [1.29, 1.82) is 0 Å². The van der Waals surface area contributed by atoms with Gasteiger partial charge in [0.2, 0.25) is 10.0 Å². The van der Waals surface area contributed by atoms with E-state index in [2.05, 4.69) is 24.7 Å². The smallest absolute Gasteiger partial charge is 0.248 e. The zero-order valence-corrected chi connectivity index (χ0v) is 17.1. The van der Waals surface area contributed by atoms with E-state index < -0.39 is 24.0 Å². The molecule has 1 aliphatic carbocycles. The van der Waals surface area contributed by atoms with Crippen molar-refractivity contribution in [2.75, 3.05) is 19.2 Å². The number of nitrogens with two attached hydrogens (primary N) is 1. The second-order valence-corrected chi connectivity index (χ2v) is 15.0. The minimum atomic E-state index is -3.55. The van der Waals surface area contributed by atoms with Crippen LogP contribution in [-0.2, 0) is 32.6 Å². The van der Waals surface area contributed by atoms with Gasteiger partial charge in [0.05, 0.1) is 12.8 Å². The summed E-state index contributed by atoms with van der Waals surface area (Å²) >= 11 is 0. The van der Waals surface area contributed by atoms with Crippen molar-refractivity contribution in [1.82, 2.24) is 14.6 Å². The molecule has 0 aliphatic heterocycles. The Kier molecular flexibility index (Phi) is 7.17. The summed E-state index contributed by atoms with van der Waals surface area (Å²) in [4.78, 5) is 1.76. The molecule has 8 nitrogen and oxygen atoms in total. The lowest BCUT2D eigenvalue weighted by molar-refractivity contribution is 0.0757. The van der Waals surface area contributed by atoms with Gasteiger partial charge in [0.15, 0.2) is 5.94 Å². The Morgan fingerprint density at radius 1 is 1.40 bits per heavy atom. The van der Waals surface area contributed by atoms with E-state index in [1.807, 2.05) is 10.9 Å². The Balaban J connectivity index is 1.88. The summed E-state index contributed by atoms with van der Waals surface area (Å²) in [6, 6.07) is 1.14. The summed E-state index contributed by atoms with van der Waals surface area (Å²) in [6.45, 7) is 8.57. The third-order valence-corrected chi connectivity index (χ3v) is 6.87. The van der Waals surface area contributed by atoms with Crippen molar-refractivity contribution >= 4 is 18.1 Å². The number of hydrazine groups is 1. The molecule has 0 aromatic carbocycles. The SMILES string of the molecule is C[Si](C)(C)CCOCn1ncc2c1CCCC2COCS(=O)(=O)NN. The maximum absolute atomic E-state index is 11.3. The van der Waals surface area contributed by atoms with Crippen LogP contribution in [0.2, 0.25) is 25.7 Å². The fourth-order valence-corrected chi connectivity index (χ4v) is 4.00. The Hall–Kier alpha value is -0.783. The third kappa shape index (κ3) is 6.46. The number of nitrogens with one attached hydrogen (secondary N) is 1. The molecule has 25 heavy (non-hydrogen) atoms. The van der Waals surface area contributed by atoms with Gasteiger partial charge < -0.3 is 9.47 Å². The highest BCUT2D eigenvalue weighted by molar-refractivity contribution is 7.89. The molecular weight excluding hydrogens is 360 g/mol. The largest absolute Gasteiger partial charge is 0.363 e. The van der Waals surface area contributed by atoms with Crippen LogP contribution in [0.15, 0.2) is 6.20 Å². The molecule has 0 saturated carbocycles. The molecule has 0 bridgehead atoms. The average molecular weight is 391 g/mol. The average Bonchev–Trinajstić information content (AvgIpc) is 2.95. The summed E-state index contributed by atoms with van der Waals surface area (Å²) in [5, 5.41) is 4.45. The van der Waals surface area contributed by atoms with Crippen LogP contribution in [0.1, 0.15) is 30.0 Å². The number of hydrogen-bond acceptors (Lipinski definition) is 6. The molecule has 2 rings (SSSR count). The Morgan fingerprint density at radius 2 is 2.16 bits per heavy atom. The van der Waals surface area contributed by atoms with E-state index in [1.165, 1.54) is 5.69 Å². The number of fused-ring (bicyclic) bond motifs is 1. The van der Waals surface area contributed by atoms with Crippen molar-refractivity contribution < 1.29 is 17.9 Å². The lowest BCUT2D eigenvalue weighted by Crippen LogP contribution is -2.33. The highest BCUT2D eigenvalue weighted by Crippen LogP contribution is 2.31. The minimum absolute atomic E-state index is 0.160. The summed E-state index contributed by atoms with van der Waals surface area (Å²) in [5.41, 5.74) is 2.31. The van der Waals surface area contributed by atoms with Gasteiger partial charge in [-0.25, -0.2) is 13.1 Å². The molecule has 0 radical (unpaired) electrons. The molecule has 1 aliphatic rings. The van der Waals surface area contributed by atoms with Crippen molar-refractivity contribution in [3.05, 3.63) is 17.5 Å². The van der Waals surface area contributed by atoms with E-state index in [0.717, 1.165) is 37.5 Å². The zero-order valence-electron chi connectivity index (χ0n) is 15.3. The fraction of sp³-hybridized carbons (Fsp3) is 0.800. The maximum atomic E-state index is 11.3. The van der Waals surface area contributed by atoms with Gasteiger partial charge in [0, 0.05) is 26.3 Å². The van der Waals surface area contributed by atoms with Crippen LogP contribution in [0, 0.1) is 0 Å². The van der Waals surface area contributed by atoms with Crippen LogP contribution < -0.4 is 10.7 Å². The molecule has 144 valence electrons. The normalized spacial score (nSPS) is 18.3. The standard InChI is InChI=1S/C15H30N4O4SSi/c1-25(2,3)8-7-22-11-19-15-6-4-5-13(14(15)9-17-19)10-23-12-24(20,21)18-16/h9,13,18H,4-8,10-12,16H2,1-3H3. The molecule has 0 spiro atoms. The van der Waals surface area contributed by atoms with Crippen molar-refractivity contribution in [2.45, 2.75) is 57.6 Å². The first-order valence-corrected chi connectivity index (χ1v) is 14.0. The maximum Gasteiger partial charge on any atom is 0.248 e. The third-order valence-electron chi connectivity index (χ3n) is 4.33. The van der Waals surface area contributed by atoms with Crippen LogP contribution in [0.5, 0.6) is 0 Å². The molecule has 1 atom stereocenters. The number of sulfonamides is 1. The van der Waals surface area contributed by atoms with E-state index in [9.17, 15) is 8.42 Å². The van der Waals surface area contributed by atoms with Gasteiger partial charge in [0.25, 0.3) is 0 Å². The van der Waals surface area contributed by atoms with Crippen LogP contribution in [-0.4, -0.2) is 45.4 Å². The Labute approximate surface area is 151 Å². The highest BCUT2D eigenvalue weighted by Gasteiger charge is 2.25. The summed E-state index contributed by atoms with van der Waals surface area (Å²) in [6.07, 6.45) is 4.82. The quantitative estimate of drug-likeness (QED) is 0.270. The first-order chi connectivity index (χ1) is 11.7. The van der Waals surface area contributed by atoms with E-state index >= 15 is 0 Å². The number of hydrogen-bond donors (Lipinski definition) is 2. The lowest BCUT2D eigenvalue weighted by atomic mass is 9.88. The predicted molar refractivity (Wildman–Crippen MR) is 99.1 cm³/mol. The summed E-state index contributed by atoms with van der Waals surface area (Å²) in [5.74, 6) is 4.68. The molecule has 1 aromatic heterocycles. The van der Waals surface area contributed by atoms with Crippen LogP contribution in [0.25, 0.3) is 0 Å². The minimum Gasteiger partial charge on any atom is -0.363 e. The highest BCUT2D eigenvalue weighted by atomic mass is 32.2. The van der Waals surface area contributed by atoms with Gasteiger partial charge in [-0.05, 0) is 30.9 Å². The number of aromatic nitrogens is 2. The molecule has 0 saturated heterocycles. The van der Waals surface area contributed by atoms with E-state index in [0.29, 0.717) is 13.3 Å². The molecule has 0 fully saturated rings. The first kappa shape index (κ1) is 20.5. The Bertz CT molecular complexity index is 657.